The number of allylic oxidation sites excluding steroid dienone is 1. The van der Waals surface area contributed by atoms with Crippen LogP contribution in [0.5, 0.6) is 0 Å². The molecule has 0 aliphatic rings. The summed E-state index contributed by atoms with van der Waals surface area (Å²) in [5.41, 5.74) is 2.74. The molecule has 7 heteroatoms. The van der Waals surface area contributed by atoms with Crippen molar-refractivity contribution in [1.29, 1.82) is 0 Å². The molecule has 0 aliphatic heterocycles. The Hall–Kier alpha value is -3.19. The lowest BCUT2D eigenvalue weighted by Crippen LogP contribution is -2.11. The van der Waals surface area contributed by atoms with Crippen molar-refractivity contribution in [3.8, 4) is 11.4 Å². The highest BCUT2D eigenvalue weighted by atomic mass is 32.2. The molecule has 4 rings (SSSR count). The second kappa shape index (κ2) is 7.82. The first-order valence-corrected chi connectivity index (χ1v) is 9.87. The summed E-state index contributed by atoms with van der Waals surface area (Å²) in [4.78, 5) is 19.7. The van der Waals surface area contributed by atoms with Crippen molar-refractivity contribution >= 4 is 22.7 Å². The molecule has 0 amide bonds. The van der Waals surface area contributed by atoms with Crippen LogP contribution < -0.4 is 5.56 Å². The van der Waals surface area contributed by atoms with Crippen LogP contribution in [0.15, 0.2) is 71.1 Å². The van der Waals surface area contributed by atoms with E-state index in [4.69, 9.17) is 0 Å². The van der Waals surface area contributed by atoms with E-state index in [0.29, 0.717) is 29.0 Å². The number of aryl methyl sites for hydroxylation is 1. The third-order valence-electron chi connectivity index (χ3n) is 4.41. The summed E-state index contributed by atoms with van der Waals surface area (Å²) < 4.78 is 2.03. The summed E-state index contributed by atoms with van der Waals surface area (Å²) in [5, 5.41) is 10.1. The number of para-hydroxylation sites is 1. The van der Waals surface area contributed by atoms with E-state index in [-0.39, 0.29) is 5.56 Å². The minimum absolute atomic E-state index is 0.130. The molecule has 0 radical (unpaired) electrons. The van der Waals surface area contributed by atoms with Crippen molar-refractivity contribution in [2.75, 3.05) is 0 Å². The Morgan fingerprint density at radius 1 is 1.14 bits per heavy atom. The van der Waals surface area contributed by atoms with E-state index in [0.717, 1.165) is 22.1 Å². The minimum atomic E-state index is -0.130. The molecule has 2 aromatic heterocycles. The number of nitrogens with zero attached hydrogens (tertiary/aromatic N) is 4. The summed E-state index contributed by atoms with van der Waals surface area (Å²) in [6.45, 7) is 6.50. The Morgan fingerprint density at radius 2 is 1.93 bits per heavy atom. The number of benzene rings is 2. The first-order chi connectivity index (χ1) is 13.7. The van der Waals surface area contributed by atoms with Crippen LogP contribution in [-0.2, 0) is 12.3 Å². The number of aromatic nitrogens is 5. The van der Waals surface area contributed by atoms with E-state index in [9.17, 15) is 4.79 Å². The van der Waals surface area contributed by atoms with Gasteiger partial charge >= 0.3 is 0 Å². The molecule has 4 aromatic rings. The minimum Gasteiger partial charge on any atom is -0.309 e. The van der Waals surface area contributed by atoms with Gasteiger partial charge in [-0.2, -0.15) is 0 Å². The predicted octanol–water partition coefficient (Wildman–Crippen LogP) is 3.97. The highest BCUT2D eigenvalue weighted by Crippen LogP contribution is 2.27. The van der Waals surface area contributed by atoms with Gasteiger partial charge in [-0.25, -0.2) is 4.98 Å². The average Bonchev–Trinajstić information content (AvgIpc) is 3.09. The lowest BCUT2D eigenvalue weighted by atomic mass is 10.1. The maximum atomic E-state index is 12.3. The molecule has 0 spiro atoms. The molecular weight excluding hydrogens is 370 g/mol. The van der Waals surface area contributed by atoms with Gasteiger partial charge in [0.25, 0.3) is 5.56 Å². The number of H-pyrrole nitrogens is 1. The van der Waals surface area contributed by atoms with Crippen molar-refractivity contribution in [3.63, 3.8) is 0 Å². The Labute approximate surface area is 166 Å². The van der Waals surface area contributed by atoms with Gasteiger partial charge in [0.1, 0.15) is 5.82 Å². The highest BCUT2D eigenvalue weighted by molar-refractivity contribution is 7.98. The zero-order valence-corrected chi connectivity index (χ0v) is 16.2. The zero-order valence-electron chi connectivity index (χ0n) is 15.4. The number of thioether (sulfide) groups is 1. The fraction of sp³-hybridized carbons (Fsp3) is 0.143. The molecule has 0 unspecified atom stereocenters. The van der Waals surface area contributed by atoms with E-state index < -0.39 is 0 Å². The third-order valence-corrected chi connectivity index (χ3v) is 5.39. The predicted molar refractivity (Wildman–Crippen MR) is 112 cm³/mol. The smallest absolute Gasteiger partial charge is 0.258 e. The summed E-state index contributed by atoms with van der Waals surface area (Å²) >= 11 is 1.49. The van der Waals surface area contributed by atoms with Gasteiger partial charge in [0.05, 0.1) is 16.7 Å². The number of fused-ring (bicyclic) bond motifs is 1. The van der Waals surface area contributed by atoms with Crippen LogP contribution in [0.3, 0.4) is 0 Å². The van der Waals surface area contributed by atoms with E-state index in [2.05, 4.69) is 39.7 Å². The van der Waals surface area contributed by atoms with Crippen LogP contribution in [0.2, 0.25) is 0 Å². The lowest BCUT2D eigenvalue weighted by Gasteiger charge is -2.09. The molecule has 0 bridgehead atoms. The largest absolute Gasteiger partial charge is 0.309 e. The average molecular weight is 389 g/mol. The fourth-order valence-corrected chi connectivity index (χ4v) is 3.87. The molecule has 0 saturated carbocycles. The van der Waals surface area contributed by atoms with Crippen LogP contribution in [0.4, 0.5) is 0 Å². The van der Waals surface area contributed by atoms with Gasteiger partial charge in [0.2, 0.25) is 0 Å². The van der Waals surface area contributed by atoms with Gasteiger partial charge in [0.15, 0.2) is 11.0 Å². The van der Waals surface area contributed by atoms with Crippen molar-refractivity contribution in [1.82, 2.24) is 24.7 Å². The Morgan fingerprint density at radius 3 is 2.75 bits per heavy atom. The number of hydrogen-bond donors (Lipinski definition) is 1. The summed E-state index contributed by atoms with van der Waals surface area (Å²) in [6.07, 6.45) is 1.82. The Kier molecular flexibility index (Phi) is 5.08. The number of hydrogen-bond acceptors (Lipinski definition) is 5. The van der Waals surface area contributed by atoms with Gasteiger partial charge in [0, 0.05) is 12.1 Å². The van der Waals surface area contributed by atoms with Gasteiger partial charge in [-0.05, 0) is 24.6 Å². The monoisotopic (exact) mass is 389 g/mol. The topological polar surface area (TPSA) is 76.5 Å². The third kappa shape index (κ3) is 3.48. The van der Waals surface area contributed by atoms with Crippen molar-refractivity contribution in [2.45, 2.75) is 24.4 Å². The van der Waals surface area contributed by atoms with E-state index >= 15 is 0 Å². The summed E-state index contributed by atoms with van der Waals surface area (Å²) in [5.74, 6) is 1.91. The SMILES string of the molecule is C=CCn1c(SCc2nc3ccccc3c(=O)[nH]2)nnc1-c1ccccc1C. The molecular formula is C21H19N5OS. The Balaban J connectivity index is 1.65. The Bertz CT molecular complexity index is 1210. The maximum absolute atomic E-state index is 12.3. The molecule has 28 heavy (non-hydrogen) atoms. The van der Waals surface area contributed by atoms with Crippen LogP contribution in [-0.4, -0.2) is 24.7 Å². The zero-order chi connectivity index (χ0) is 19.5. The van der Waals surface area contributed by atoms with E-state index in [1.165, 1.54) is 11.8 Å². The summed E-state index contributed by atoms with van der Waals surface area (Å²) in [6, 6.07) is 15.4. The van der Waals surface area contributed by atoms with Crippen LogP contribution in [0.25, 0.3) is 22.3 Å². The second-order valence-corrected chi connectivity index (χ2v) is 7.28. The molecule has 1 N–H and O–H groups in total. The highest BCUT2D eigenvalue weighted by Gasteiger charge is 2.15. The van der Waals surface area contributed by atoms with Crippen molar-refractivity contribution in [2.24, 2.45) is 0 Å². The van der Waals surface area contributed by atoms with Gasteiger partial charge in [-0.15, -0.1) is 16.8 Å². The fourth-order valence-electron chi connectivity index (χ4n) is 3.05. The van der Waals surface area contributed by atoms with Gasteiger partial charge in [-0.1, -0.05) is 54.2 Å². The molecule has 0 aliphatic carbocycles. The van der Waals surface area contributed by atoms with Crippen LogP contribution in [0, 0.1) is 6.92 Å². The number of nitrogens with one attached hydrogen (secondary N) is 1. The molecule has 0 atom stereocenters. The quantitative estimate of drug-likeness (QED) is 0.399. The maximum Gasteiger partial charge on any atom is 0.258 e. The summed E-state index contributed by atoms with van der Waals surface area (Å²) in [7, 11) is 0. The van der Waals surface area contributed by atoms with E-state index in [1.807, 2.05) is 47.0 Å². The molecule has 2 aromatic carbocycles. The standard InChI is InChI=1S/C21H19N5OS/c1-3-12-26-19(15-9-5-4-8-14(15)2)24-25-21(26)28-13-18-22-17-11-7-6-10-16(17)20(27)23-18/h3-11H,1,12-13H2,2H3,(H,22,23,27). The van der Waals surface area contributed by atoms with Gasteiger partial charge < -0.3 is 4.98 Å². The molecule has 2 heterocycles. The second-order valence-electron chi connectivity index (χ2n) is 6.34. The van der Waals surface area contributed by atoms with Crippen LogP contribution in [0.1, 0.15) is 11.4 Å². The van der Waals surface area contributed by atoms with Crippen molar-refractivity contribution in [3.05, 3.63) is 82.9 Å². The first-order valence-electron chi connectivity index (χ1n) is 8.88. The van der Waals surface area contributed by atoms with Crippen molar-refractivity contribution < 1.29 is 0 Å². The number of rotatable bonds is 6. The van der Waals surface area contributed by atoms with E-state index in [1.54, 1.807) is 6.07 Å². The molecule has 0 saturated heterocycles. The number of aromatic amines is 1. The normalized spacial score (nSPS) is 11.0. The first kappa shape index (κ1) is 18.2. The molecule has 6 nitrogen and oxygen atoms in total. The lowest BCUT2D eigenvalue weighted by molar-refractivity contribution is 0.730. The molecule has 0 fully saturated rings. The van der Waals surface area contributed by atoms with Gasteiger partial charge in [-0.3, -0.25) is 9.36 Å². The van der Waals surface area contributed by atoms with Crippen LogP contribution >= 0.6 is 11.8 Å². The molecule has 140 valence electrons.